The Labute approximate surface area is 230 Å². The van der Waals surface area contributed by atoms with Gasteiger partial charge in [0.05, 0.1) is 35.9 Å². The largest absolute Gasteiger partial charge is 0.493 e. The smallest absolute Gasteiger partial charge is 0.338 e. The summed E-state index contributed by atoms with van der Waals surface area (Å²) in [7, 11) is 3.11. The van der Waals surface area contributed by atoms with Gasteiger partial charge in [0.25, 0.3) is 0 Å². The van der Waals surface area contributed by atoms with Crippen molar-refractivity contribution in [1.29, 1.82) is 0 Å². The second-order valence-electron chi connectivity index (χ2n) is 8.77. The Morgan fingerprint density at radius 2 is 1.66 bits per heavy atom. The molecule has 0 radical (unpaired) electrons. The summed E-state index contributed by atoms with van der Waals surface area (Å²) in [5.41, 5.74) is 1.23. The van der Waals surface area contributed by atoms with E-state index in [-0.39, 0.29) is 10.9 Å². The molecule has 1 N–H and O–H groups in total. The van der Waals surface area contributed by atoms with Crippen molar-refractivity contribution in [3.05, 3.63) is 83.5 Å². The average molecular weight is 550 g/mol. The molecule has 1 aliphatic rings. The van der Waals surface area contributed by atoms with Crippen LogP contribution in [0.2, 0.25) is 5.02 Å². The van der Waals surface area contributed by atoms with Crippen LogP contribution in [-0.2, 0) is 10.2 Å². The lowest BCUT2D eigenvalue weighted by Crippen LogP contribution is -2.43. The zero-order chi connectivity index (χ0) is 26.9. The van der Waals surface area contributed by atoms with Crippen molar-refractivity contribution in [2.24, 2.45) is 0 Å². The topological polar surface area (TPSA) is 90.0 Å². The molecule has 0 spiro atoms. The van der Waals surface area contributed by atoms with Gasteiger partial charge in [-0.25, -0.2) is 9.10 Å². The number of amides is 3. The molecule has 3 amide bonds. The van der Waals surface area contributed by atoms with E-state index < -0.39 is 11.4 Å². The number of nitrogens with one attached hydrogen (secondary N) is 1. The molecule has 4 aromatic rings. The molecule has 1 heterocycles. The molecule has 1 saturated carbocycles. The maximum Gasteiger partial charge on any atom is 0.338 e. The van der Waals surface area contributed by atoms with E-state index in [1.165, 1.54) is 6.07 Å². The van der Waals surface area contributed by atoms with E-state index in [9.17, 15) is 9.59 Å². The first-order valence-electron chi connectivity index (χ1n) is 11.7. The van der Waals surface area contributed by atoms with Crippen molar-refractivity contribution in [1.82, 2.24) is 10.3 Å². The Bertz CT molecular complexity index is 1530. The Hall–Kier alpha value is -3.95. The van der Waals surface area contributed by atoms with Crippen molar-refractivity contribution in [3.8, 4) is 23.0 Å². The number of hydrogen-bond donors (Lipinski definition) is 2. The molecule has 1 fully saturated rings. The fraction of sp³-hybridized carbons (Fsp3) is 0.179. The summed E-state index contributed by atoms with van der Waals surface area (Å²) in [4.78, 5) is 30.1. The SMILES string of the molecule is COc1cc2nccc(Oc3ccc(N(S)C(=O)NC(=O)C4(c5ccccc5)CC4)cc3Cl)c2cc1OC. The number of anilines is 1. The molecule has 38 heavy (non-hydrogen) atoms. The minimum Gasteiger partial charge on any atom is -0.493 e. The number of fused-ring (bicyclic) bond motifs is 1. The molecular formula is C28H24ClN3O5S. The average Bonchev–Trinajstić information content (AvgIpc) is 3.76. The number of hydrogen-bond acceptors (Lipinski definition) is 7. The number of carbonyl (C=O) groups excluding carboxylic acids is 2. The maximum absolute atomic E-state index is 12.9. The highest BCUT2D eigenvalue weighted by Crippen LogP contribution is 2.48. The highest BCUT2D eigenvalue weighted by Gasteiger charge is 2.51. The van der Waals surface area contributed by atoms with Crippen LogP contribution in [0.5, 0.6) is 23.0 Å². The predicted molar refractivity (Wildman–Crippen MR) is 149 cm³/mol. The number of nitrogens with zero attached hydrogens (tertiary/aromatic N) is 2. The lowest BCUT2D eigenvalue weighted by Gasteiger charge is -2.20. The lowest BCUT2D eigenvalue weighted by atomic mass is 9.95. The highest BCUT2D eigenvalue weighted by molar-refractivity contribution is 7.82. The minimum atomic E-state index is -0.680. The van der Waals surface area contributed by atoms with Gasteiger partial charge in [-0.1, -0.05) is 54.7 Å². The van der Waals surface area contributed by atoms with Crippen LogP contribution in [0, 0.1) is 0 Å². The van der Waals surface area contributed by atoms with Crippen molar-refractivity contribution in [3.63, 3.8) is 0 Å². The molecule has 0 saturated heterocycles. The molecule has 1 aromatic heterocycles. The zero-order valence-electron chi connectivity index (χ0n) is 20.6. The molecule has 8 nitrogen and oxygen atoms in total. The van der Waals surface area contributed by atoms with Crippen LogP contribution in [-0.4, -0.2) is 31.1 Å². The summed E-state index contributed by atoms with van der Waals surface area (Å²) < 4.78 is 17.9. The molecule has 0 aliphatic heterocycles. The van der Waals surface area contributed by atoms with Crippen LogP contribution >= 0.6 is 24.4 Å². The summed E-state index contributed by atoms with van der Waals surface area (Å²) in [6.07, 6.45) is 2.98. The van der Waals surface area contributed by atoms with Gasteiger partial charge in [0.1, 0.15) is 11.5 Å². The molecule has 3 aromatic carbocycles. The van der Waals surface area contributed by atoms with Gasteiger partial charge >= 0.3 is 6.03 Å². The quantitative estimate of drug-likeness (QED) is 0.262. The molecule has 194 valence electrons. The van der Waals surface area contributed by atoms with Gasteiger partial charge in [-0.05, 0) is 48.7 Å². The maximum atomic E-state index is 12.9. The zero-order valence-corrected chi connectivity index (χ0v) is 22.3. The first-order valence-corrected chi connectivity index (χ1v) is 12.5. The van der Waals surface area contributed by atoms with Crippen molar-refractivity contribution >= 4 is 52.9 Å². The summed E-state index contributed by atoms with van der Waals surface area (Å²) in [5.74, 6) is 1.60. The second kappa shape index (κ2) is 10.4. The van der Waals surface area contributed by atoms with Crippen molar-refractivity contribution < 1.29 is 23.8 Å². The third-order valence-corrected chi connectivity index (χ3v) is 7.22. The Morgan fingerprint density at radius 1 is 0.947 bits per heavy atom. The van der Waals surface area contributed by atoms with Crippen LogP contribution in [0.3, 0.4) is 0 Å². The van der Waals surface area contributed by atoms with Crippen LogP contribution in [0.25, 0.3) is 10.9 Å². The summed E-state index contributed by atoms with van der Waals surface area (Å²) in [6, 6.07) is 18.8. The molecule has 10 heteroatoms. The van der Waals surface area contributed by atoms with E-state index in [1.54, 1.807) is 50.7 Å². The number of urea groups is 1. The van der Waals surface area contributed by atoms with E-state index in [1.807, 2.05) is 30.3 Å². The highest BCUT2D eigenvalue weighted by atomic mass is 35.5. The van der Waals surface area contributed by atoms with Gasteiger partial charge < -0.3 is 14.2 Å². The summed E-state index contributed by atoms with van der Waals surface area (Å²) in [6.45, 7) is 0. The van der Waals surface area contributed by atoms with Gasteiger partial charge in [0.15, 0.2) is 11.5 Å². The number of rotatable bonds is 7. The molecular weight excluding hydrogens is 526 g/mol. The Morgan fingerprint density at radius 3 is 2.32 bits per heavy atom. The van der Waals surface area contributed by atoms with Gasteiger partial charge in [-0.15, -0.1) is 0 Å². The van der Waals surface area contributed by atoms with E-state index >= 15 is 0 Å². The number of halogens is 1. The molecule has 0 bridgehead atoms. The lowest BCUT2D eigenvalue weighted by molar-refractivity contribution is -0.122. The number of carbonyl (C=O) groups is 2. The normalized spacial score (nSPS) is 13.5. The van der Waals surface area contributed by atoms with Gasteiger partial charge in [0, 0.05) is 17.6 Å². The number of pyridine rings is 1. The third-order valence-electron chi connectivity index (χ3n) is 6.51. The monoisotopic (exact) mass is 549 g/mol. The molecule has 5 rings (SSSR count). The van der Waals surface area contributed by atoms with E-state index in [2.05, 4.69) is 23.1 Å². The molecule has 1 aliphatic carbocycles. The Balaban J connectivity index is 1.32. The Kier molecular flexibility index (Phi) is 7.05. The van der Waals surface area contributed by atoms with Crippen LogP contribution in [0.4, 0.5) is 10.5 Å². The van der Waals surface area contributed by atoms with E-state index in [4.69, 9.17) is 25.8 Å². The molecule has 0 atom stereocenters. The van der Waals surface area contributed by atoms with E-state index in [0.29, 0.717) is 52.4 Å². The summed E-state index contributed by atoms with van der Waals surface area (Å²) >= 11 is 10.8. The summed E-state index contributed by atoms with van der Waals surface area (Å²) in [5, 5.41) is 3.41. The van der Waals surface area contributed by atoms with Gasteiger partial charge in [0.2, 0.25) is 5.91 Å². The predicted octanol–water partition coefficient (Wildman–Crippen LogP) is 6.32. The number of methoxy groups -OCH3 is 2. The first-order chi connectivity index (χ1) is 18.4. The van der Waals surface area contributed by atoms with Crippen LogP contribution in [0.1, 0.15) is 18.4 Å². The van der Waals surface area contributed by atoms with Gasteiger partial charge in [-0.3, -0.25) is 15.1 Å². The number of benzene rings is 3. The fourth-order valence-corrected chi connectivity index (χ4v) is 4.66. The van der Waals surface area contributed by atoms with E-state index in [0.717, 1.165) is 9.87 Å². The first kappa shape index (κ1) is 25.7. The van der Waals surface area contributed by atoms with Gasteiger partial charge in [-0.2, -0.15) is 0 Å². The van der Waals surface area contributed by atoms with Crippen molar-refractivity contribution in [2.45, 2.75) is 18.3 Å². The number of ether oxygens (including phenoxy) is 3. The molecule has 0 unspecified atom stereocenters. The standard InChI is InChI=1S/C28H24ClN3O5S/c1-35-24-15-19-21(16-25(24)36-2)30-13-10-22(19)37-23-9-8-18(14-20(23)29)32(38)27(34)31-26(33)28(11-12-28)17-6-4-3-5-7-17/h3-10,13-16,38H,11-12H2,1-2H3,(H,31,33,34). The number of thiol groups is 1. The number of imide groups is 1. The van der Waals surface area contributed by atoms with Crippen molar-refractivity contribution in [2.75, 3.05) is 18.5 Å². The fourth-order valence-electron chi connectivity index (χ4n) is 4.28. The second-order valence-corrected chi connectivity index (χ2v) is 9.58. The third kappa shape index (κ3) is 4.82. The minimum absolute atomic E-state index is 0.245. The van der Waals surface area contributed by atoms with Crippen LogP contribution in [0.15, 0.2) is 72.9 Å². The number of aromatic nitrogens is 1. The van der Waals surface area contributed by atoms with Crippen LogP contribution < -0.4 is 23.8 Å².